The largest absolute Gasteiger partial charge is 0.459 e. The molecule has 4 aromatic rings. The fourth-order valence-corrected chi connectivity index (χ4v) is 3.53. The zero-order chi connectivity index (χ0) is 22.0. The Labute approximate surface area is 179 Å². The number of amides is 1. The number of aromatic amines is 1. The first-order valence-corrected chi connectivity index (χ1v) is 10.0. The number of aromatic nitrogens is 2. The molecule has 0 saturated heterocycles. The van der Waals surface area contributed by atoms with Gasteiger partial charge in [-0.15, -0.1) is 0 Å². The van der Waals surface area contributed by atoms with Gasteiger partial charge >= 0.3 is 5.97 Å². The van der Waals surface area contributed by atoms with E-state index in [9.17, 15) is 14.7 Å². The average molecular weight is 417 g/mol. The van der Waals surface area contributed by atoms with Crippen LogP contribution in [0.25, 0.3) is 21.8 Å². The van der Waals surface area contributed by atoms with Gasteiger partial charge in [0.2, 0.25) is 0 Å². The Bertz CT molecular complexity index is 1250. The van der Waals surface area contributed by atoms with Crippen LogP contribution in [0, 0.1) is 6.92 Å². The second-order valence-corrected chi connectivity index (χ2v) is 7.47. The normalized spacial score (nSPS) is 13.1. The van der Waals surface area contributed by atoms with Crippen LogP contribution in [0.1, 0.15) is 28.7 Å². The molecule has 7 nitrogen and oxygen atoms in total. The summed E-state index contributed by atoms with van der Waals surface area (Å²) in [5, 5.41) is 14.5. The lowest BCUT2D eigenvalue weighted by atomic mass is 10.1. The third-order valence-electron chi connectivity index (χ3n) is 5.16. The highest BCUT2D eigenvalue weighted by molar-refractivity contribution is 6.10. The minimum absolute atomic E-state index is 0.0530. The SMILES string of the molecule is Cc1nc(C(=O)N[C@H](C(=O)OCc2ccccc2)[C@@H](C)O)cc2c1[nH]c1ccccc12. The van der Waals surface area contributed by atoms with Crippen LogP contribution in [0.4, 0.5) is 0 Å². The van der Waals surface area contributed by atoms with E-state index in [-0.39, 0.29) is 12.3 Å². The highest BCUT2D eigenvalue weighted by atomic mass is 16.5. The van der Waals surface area contributed by atoms with Crippen molar-refractivity contribution in [1.29, 1.82) is 0 Å². The van der Waals surface area contributed by atoms with Crippen molar-refractivity contribution in [2.45, 2.75) is 32.6 Å². The number of para-hydroxylation sites is 1. The van der Waals surface area contributed by atoms with Crippen molar-refractivity contribution in [3.63, 3.8) is 0 Å². The van der Waals surface area contributed by atoms with Crippen LogP contribution in [-0.4, -0.2) is 39.1 Å². The summed E-state index contributed by atoms with van der Waals surface area (Å²) < 4.78 is 5.29. The molecule has 158 valence electrons. The predicted octanol–water partition coefficient (Wildman–Crippen LogP) is 3.25. The Morgan fingerprint density at radius 2 is 1.81 bits per heavy atom. The van der Waals surface area contributed by atoms with E-state index in [2.05, 4.69) is 15.3 Å². The van der Waals surface area contributed by atoms with Crippen molar-refractivity contribution in [3.05, 3.63) is 77.6 Å². The molecular formula is C24H23N3O4. The number of nitrogens with one attached hydrogen (secondary N) is 2. The van der Waals surface area contributed by atoms with E-state index in [1.807, 2.05) is 61.5 Å². The first-order chi connectivity index (χ1) is 14.9. The Morgan fingerprint density at radius 3 is 2.55 bits per heavy atom. The standard InChI is InChI=1S/C24H23N3O4/c1-14-21-18(17-10-6-7-11-19(17)26-21)12-20(25-14)23(29)27-22(15(2)28)24(30)31-13-16-8-4-3-5-9-16/h3-12,15,22,26,28H,13H2,1-2H3,(H,27,29)/t15-,22+/m1/s1. The van der Waals surface area contributed by atoms with Crippen LogP contribution >= 0.6 is 0 Å². The summed E-state index contributed by atoms with van der Waals surface area (Å²) in [7, 11) is 0. The monoisotopic (exact) mass is 417 g/mol. The zero-order valence-corrected chi connectivity index (χ0v) is 17.3. The topological polar surface area (TPSA) is 104 Å². The molecule has 0 unspecified atom stereocenters. The number of aliphatic hydroxyl groups excluding tert-OH is 1. The van der Waals surface area contributed by atoms with Gasteiger partial charge in [-0.1, -0.05) is 48.5 Å². The molecule has 31 heavy (non-hydrogen) atoms. The number of nitrogens with zero attached hydrogens (tertiary/aromatic N) is 1. The summed E-state index contributed by atoms with van der Waals surface area (Å²) in [5.41, 5.74) is 3.45. The summed E-state index contributed by atoms with van der Waals surface area (Å²) in [6.07, 6.45) is -1.13. The number of aliphatic hydroxyl groups is 1. The van der Waals surface area contributed by atoms with Crippen molar-refractivity contribution in [2.75, 3.05) is 0 Å². The zero-order valence-electron chi connectivity index (χ0n) is 17.3. The number of esters is 1. The fraction of sp³-hybridized carbons (Fsp3) is 0.208. The quantitative estimate of drug-likeness (QED) is 0.418. The first kappa shape index (κ1) is 20.6. The van der Waals surface area contributed by atoms with Gasteiger partial charge in [-0.25, -0.2) is 9.78 Å². The maximum Gasteiger partial charge on any atom is 0.331 e. The highest BCUT2D eigenvalue weighted by Crippen LogP contribution is 2.27. The molecule has 1 amide bonds. The molecule has 0 saturated carbocycles. The second-order valence-electron chi connectivity index (χ2n) is 7.47. The Morgan fingerprint density at radius 1 is 1.10 bits per heavy atom. The van der Waals surface area contributed by atoms with Crippen LogP contribution in [0.3, 0.4) is 0 Å². The number of pyridine rings is 1. The maximum absolute atomic E-state index is 12.9. The van der Waals surface area contributed by atoms with Crippen LogP contribution in [-0.2, 0) is 16.1 Å². The molecule has 2 heterocycles. The lowest BCUT2D eigenvalue weighted by molar-refractivity contribution is -0.150. The van der Waals surface area contributed by atoms with E-state index in [1.54, 1.807) is 6.07 Å². The minimum atomic E-state index is -1.21. The van der Waals surface area contributed by atoms with Gasteiger partial charge in [-0.3, -0.25) is 4.79 Å². The number of hydrogen-bond donors (Lipinski definition) is 3. The van der Waals surface area contributed by atoms with Crippen LogP contribution in [0.2, 0.25) is 0 Å². The van der Waals surface area contributed by atoms with Gasteiger partial charge in [0.05, 0.1) is 17.3 Å². The van der Waals surface area contributed by atoms with Gasteiger partial charge in [0, 0.05) is 16.3 Å². The molecule has 2 aromatic carbocycles. The Balaban J connectivity index is 1.55. The molecule has 4 rings (SSSR count). The molecule has 0 aliphatic rings. The van der Waals surface area contributed by atoms with E-state index in [1.165, 1.54) is 6.92 Å². The summed E-state index contributed by atoms with van der Waals surface area (Å²) in [6, 6.07) is 17.5. The number of rotatable bonds is 6. The molecule has 0 bridgehead atoms. The number of fused-ring (bicyclic) bond motifs is 3. The van der Waals surface area contributed by atoms with Gasteiger partial charge in [0.25, 0.3) is 5.91 Å². The van der Waals surface area contributed by atoms with Crippen molar-refractivity contribution < 1.29 is 19.4 Å². The lowest BCUT2D eigenvalue weighted by Gasteiger charge is -2.20. The molecule has 3 N–H and O–H groups in total. The lowest BCUT2D eigenvalue weighted by Crippen LogP contribution is -2.48. The van der Waals surface area contributed by atoms with E-state index in [4.69, 9.17) is 4.74 Å². The van der Waals surface area contributed by atoms with Crippen molar-refractivity contribution >= 4 is 33.7 Å². The van der Waals surface area contributed by atoms with Gasteiger partial charge in [0.15, 0.2) is 6.04 Å². The van der Waals surface area contributed by atoms with Crippen molar-refractivity contribution in [1.82, 2.24) is 15.3 Å². The van der Waals surface area contributed by atoms with E-state index < -0.39 is 24.0 Å². The molecular weight excluding hydrogens is 394 g/mol. The summed E-state index contributed by atoms with van der Waals surface area (Å²) in [6.45, 7) is 3.29. The maximum atomic E-state index is 12.9. The molecule has 0 aliphatic carbocycles. The van der Waals surface area contributed by atoms with Crippen molar-refractivity contribution in [2.24, 2.45) is 0 Å². The van der Waals surface area contributed by atoms with E-state index in [0.29, 0.717) is 5.69 Å². The molecule has 7 heteroatoms. The predicted molar refractivity (Wildman–Crippen MR) is 118 cm³/mol. The van der Waals surface area contributed by atoms with Crippen molar-refractivity contribution in [3.8, 4) is 0 Å². The van der Waals surface area contributed by atoms with Crippen LogP contribution < -0.4 is 5.32 Å². The molecule has 2 aromatic heterocycles. The molecule has 0 aliphatic heterocycles. The smallest absolute Gasteiger partial charge is 0.331 e. The van der Waals surface area contributed by atoms with Gasteiger partial charge in [0.1, 0.15) is 12.3 Å². The minimum Gasteiger partial charge on any atom is -0.459 e. The van der Waals surface area contributed by atoms with Gasteiger partial charge in [-0.05, 0) is 31.5 Å². The Kier molecular flexibility index (Phi) is 5.68. The molecule has 0 fully saturated rings. The number of benzene rings is 2. The van der Waals surface area contributed by atoms with Gasteiger partial charge in [-0.2, -0.15) is 0 Å². The number of aryl methyl sites for hydroxylation is 1. The Hall–Kier alpha value is -3.71. The third kappa shape index (κ3) is 4.27. The van der Waals surface area contributed by atoms with Crippen LogP contribution in [0.15, 0.2) is 60.7 Å². The molecule has 0 spiro atoms. The number of carbonyl (C=O) groups excluding carboxylic acids is 2. The average Bonchev–Trinajstić information content (AvgIpc) is 3.15. The number of ether oxygens (including phenoxy) is 1. The van der Waals surface area contributed by atoms with Gasteiger partial charge < -0.3 is 20.1 Å². The van der Waals surface area contributed by atoms with Crippen LogP contribution in [0.5, 0.6) is 0 Å². The summed E-state index contributed by atoms with van der Waals surface area (Å²) in [5.74, 6) is -1.27. The van der Waals surface area contributed by atoms with E-state index >= 15 is 0 Å². The number of H-pyrrole nitrogens is 1. The summed E-state index contributed by atoms with van der Waals surface area (Å²) >= 11 is 0. The molecule has 2 atom stereocenters. The fourth-order valence-electron chi connectivity index (χ4n) is 3.53. The highest BCUT2D eigenvalue weighted by Gasteiger charge is 2.28. The number of carbonyl (C=O) groups is 2. The second kappa shape index (κ2) is 8.57. The summed E-state index contributed by atoms with van der Waals surface area (Å²) in [4.78, 5) is 33.1. The third-order valence-corrected chi connectivity index (χ3v) is 5.16. The molecule has 0 radical (unpaired) electrons. The first-order valence-electron chi connectivity index (χ1n) is 10.0. The van der Waals surface area contributed by atoms with E-state index in [0.717, 1.165) is 27.4 Å². The number of hydrogen-bond acceptors (Lipinski definition) is 5.